The molecule has 0 bridgehead atoms. The van der Waals surface area contributed by atoms with Gasteiger partial charge < -0.3 is 10.4 Å². The molecular formula is C28H31NO3S. The Kier molecular flexibility index (Phi) is 9.92. The number of hydrogen-bond acceptors (Lipinski definition) is 3. The van der Waals surface area contributed by atoms with E-state index in [-0.39, 0.29) is 5.70 Å². The van der Waals surface area contributed by atoms with Gasteiger partial charge in [0, 0.05) is 15.3 Å². The molecule has 0 spiro atoms. The molecular weight excluding hydrogens is 430 g/mol. The summed E-state index contributed by atoms with van der Waals surface area (Å²) in [6.07, 6.45) is 11.1. The van der Waals surface area contributed by atoms with Crippen LogP contribution >= 0.6 is 11.3 Å². The molecule has 0 fully saturated rings. The fraction of sp³-hybridized carbons (Fsp3) is 0.286. The number of amides is 1. The summed E-state index contributed by atoms with van der Waals surface area (Å²) in [6, 6.07) is 23.2. The number of aliphatic carboxylic acids is 1. The molecule has 2 N–H and O–H groups in total. The van der Waals surface area contributed by atoms with Crippen molar-refractivity contribution in [3.05, 3.63) is 99.4 Å². The van der Waals surface area contributed by atoms with Gasteiger partial charge in [0.1, 0.15) is 5.70 Å². The third-order valence-electron chi connectivity index (χ3n) is 5.47. The molecule has 0 aliphatic carbocycles. The number of rotatable bonds is 13. The molecule has 1 aromatic heterocycles. The number of aryl methyl sites for hydroxylation is 2. The Morgan fingerprint density at radius 2 is 1.36 bits per heavy atom. The number of thiophene rings is 1. The number of carboxylic acids is 1. The van der Waals surface area contributed by atoms with Crippen LogP contribution in [0.2, 0.25) is 0 Å². The molecule has 0 radical (unpaired) electrons. The summed E-state index contributed by atoms with van der Waals surface area (Å²) >= 11 is 1.58. The zero-order valence-electron chi connectivity index (χ0n) is 18.8. The first kappa shape index (κ1) is 24.5. The number of unbranched alkanes of at least 4 members (excludes halogenated alkanes) is 5. The summed E-state index contributed by atoms with van der Waals surface area (Å²) in [4.78, 5) is 26.0. The number of hydrogen-bond donors (Lipinski definition) is 2. The topological polar surface area (TPSA) is 66.4 Å². The summed E-state index contributed by atoms with van der Waals surface area (Å²) in [5.41, 5.74) is 1.73. The molecule has 4 nitrogen and oxygen atoms in total. The third kappa shape index (κ3) is 8.70. The molecule has 0 aliphatic heterocycles. The van der Waals surface area contributed by atoms with E-state index in [1.54, 1.807) is 35.6 Å². The van der Waals surface area contributed by atoms with E-state index in [1.807, 2.05) is 12.1 Å². The highest BCUT2D eigenvalue weighted by Crippen LogP contribution is 2.22. The molecule has 1 heterocycles. The Hall–Kier alpha value is -3.18. The Labute approximate surface area is 200 Å². The summed E-state index contributed by atoms with van der Waals surface area (Å²) in [6.45, 7) is 0. The second-order valence-corrected chi connectivity index (χ2v) is 9.29. The van der Waals surface area contributed by atoms with Gasteiger partial charge in [0.05, 0.1) is 0 Å². The molecule has 33 heavy (non-hydrogen) atoms. The van der Waals surface area contributed by atoms with Crippen LogP contribution in [-0.2, 0) is 17.6 Å². The second kappa shape index (κ2) is 13.4. The first-order valence-electron chi connectivity index (χ1n) is 11.6. The zero-order valence-corrected chi connectivity index (χ0v) is 19.7. The smallest absolute Gasteiger partial charge is 0.352 e. The molecule has 0 saturated heterocycles. The lowest BCUT2D eigenvalue weighted by Gasteiger charge is -2.05. The maximum Gasteiger partial charge on any atom is 0.352 e. The van der Waals surface area contributed by atoms with Gasteiger partial charge in [-0.15, -0.1) is 11.3 Å². The van der Waals surface area contributed by atoms with Crippen LogP contribution in [0.4, 0.5) is 0 Å². The second-order valence-electron chi connectivity index (χ2n) is 8.09. The maximum atomic E-state index is 12.3. The minimum Gasteiger partial charge on any atom is -0.477 e. The molecule has 3 rings (SSSR count). The highest BCUT2D eigenvalue weighted by Gasteiger charge is 2.13. The SMILES string of the molecule is O=C(O)/C(=C/c1ccc(CCCCCCCCc2ccccc2)s1)NC(=O)c1ccccc1. The van der Waals surface area contributed by atoms with Crippen molar-refractivity contribution in [2.45, 2.75) is 51.4 Å². The van der Waals surface area contributed by atoms with Gasteiger partial charge in [-0.2, -0.15) is 0 Å². The van der Waals surface area contributed by atoms with Crippen molar-refractivity contribution >= 4 is 29.3 Å². The van der Waals surface area contributed by atoms with Crippen LogP contribution in [0, 0.1) is 0 Å². The van der Waals surface area contributed by atoms with E-state index in [0.29, 0.717) is 5.56 Å². The molecule has 2 aromatic carbocycles. The van der Waals surface area contributed by atoms with Gasteiger partial charge in [-0.3, -0.25) is 4.79 Å². The predicted octanol–water partition coefficient (Wildman–Crippen LogP) is 6.73. The molecule has 0 unspecified atom stereocenters. The fourth-order valence-corrected chi connectivity index (χ4v) is 4.66. The van der Waals surface area contributed by atoms with E-state index >= 15 is 0 Å². The molecule has 5 heteroatoms. The van der Waals surface area contributed by atoms with Gasteiger partial charge in [-0.25, -0.2) is 4.79 Å². The van der Waals surface area contributed by atoms with Gasteiger partial charge in [-0.05, 0) is 61.6 Å². The minimum atomic E-state index is -1.15. The van der Waals surface area contributed by atoms with Crippen molar-refractivity contribution in [2.24, 2.45) is 0 Å². The van der Waals surface area contributed by atoms with Crippen LogP contribution in [0.15, 0.2) is 78.5 Å². The van der Waals surface area contributed by atoms with Gasteiger partial charge >= 0.3 is 5.97 Å². The van der Waals surface area contributed by atoms with E-state index < -0.39 is 11.9 Å². The number of benzene rings is 2. The van der Waals surface area contributed by atoms with Crippen LogP contribution in [-0.4, -0.2) is 17.0 Å². The lowest BCUT2D eigenvalue weighted by molar-refractivity contribution is -0.132. The van der Waals surface area contributed by atoms with Gasteiger partial charge in [-0.1, -0.05) is 74.2 Å². The Balaban J connectivity index is 1.37. The Bertz CT molecular complexity index is 1040. The Morgan fingerprint density at radius 3 is 2.03 bits per heavy atom. The first-order valence-corrected chi connectivity index (χ1v) is 12.4. The van der Waals surface area contributed by atoms with Gasteiger partial charge in [0.25, 0.3) is 5.91 Å². The van der Waals surface area contributed by atoms with Crippen LogP contribution in [0.1, 0.15) is 64.2 Å². The molecule has 3 aromatic rings. The molecule has 0 saturated carbocycles. The number of carbonyl (C=O) groups excluding carboxylic acids is 1. The minimum absolute atomic E-state index is 0.118. The van der Waals surface area contributed by atoms with Crippen LogP contribution in [0.3, 0.4) is 0 Å². The first-order chi connectivity index (χ1) is 16.1. The summed E-state index contributed by atoms with van der Waals surface area (Å²) in [7, 11) is 0. The summed E-state index contributed by atoms with van der Waals surface area (Å²) in [5.74, 6) is -1.58. The van der Waals surface area contributed by atoms with Crippen LogP contribution < -0.4 is 5.32 Å². The lowest BCUT2D eigenvalue weighted by atomic mass is 10.0. The van der Waals surface area contributed by atoms with Crippen LogP contribution in [0.25, 0.3) is 6.08 Å². The molecule has 0 atom stereocenters. The zero-order chi connectivity index (χ0) is 23.3. The highest BCUT2D eigenvalue weighted by molar-refractivity contribution is 7.12. The molecule has 1 amide bonds. The monoisotopic (exact) mass is 461 g/mol. The standard InChI is InChI=1S/C28H31NO3S/c30-27(23-16-10-6-11-17-23)29-26(28(31)32)21-25-20-19-24(33-25)18-12-4-2-1-3-7-13-22-14-8-5-9-15-22/h5-6,8-11,14-17,19-21H,1-4,7,12-13,18H2,(H,29,30)(H,31,32)/b26-21-. The largest absolute Gasteiger partial charge is 0.477 e. The lowest BCUT2D eigenvalue weighted by Crippen LogP contribution is -2.27. The van der Waals surface area contributed by atoms with E-state index in [1.165, 1.54) is 48.6 Å². The molecule has 172 valence electrons. The van der Waals surface area contributed by atoms with Gasteiger partial charge in [0.2, 0.25) is 0 Å². The normalized spacial score (nSPS) is 11.3. The maximum absolute atomic E-state index is 12.3. The van der Waals surface area contributed by atoms with Crippen molar-refractivity contribution in [1.82, 2.24) is 5.32 Å². The molecule has 0 aliphatic rings. The predicted molar refractivity (Wildman–Crippen MR) is 135 cm³/mol. The van der Waals surface area contributed by atoms with Gasteiger partial charge in [0.15, 0.2) is 0 Å². The van der Waals surface area contributed by atoms with Crippen molar-refractivity contribution in [1.29, 1.82) is 0 Å². The van der Waals surface area contributed by atoms with Crippen molar-refractivity contribution in [3.8, 4) is 0 Å². The van der Waals surface area contributed by atoms with Crippen LogP contribution in [0.5, 0.6) is 0 Å². The van der Waals surface area contributed by atoms with Crippen molar-refractivity contribution in [2.75, 3.05) is 0 Å². The van der Waals surface area contributed by atoms with E-state index in [2.05, 4.69) is 41.7 Å². The number of carbonyl (C=O) groups is 2. The highest BCUT2D eigenvalue weighted by atomic mass is 32.1. The number of nitrogens with one attached hydrogen (secondary N) is 1. The van der Waals surface area contributed by atoms with E-state index in [9.17, 15) is 14.7 Å². The third-order valence-corrected chi connectivity index (χ3v) is 6.56. The van der Waals surface area contributed by atoms with E-state index in [0.717, 1.165) is 24.1 Å². The Morgan fingerprint density at radius 1 is 0.758 bits per heavy atom. The average Bonchev–Trinajstić information content (AvgIpc) is 3.28. The number of carboxylic acid groups (broad SMARTS) is 1. The summed E-state index contributed by atoms with van der Waals surface area (Å²) < 4.78 is 0. The summed E-state index contributed by atoms with van der Waals surface area (Å²) in [5, 5.41) is 12.0. The van der Waals surface area contributed by atoms with Crippen molar-refractivity contribution < 1.29 is 14.7 Å². The van der Waals surface area contributed by atoms with E-state index in [4.69, 9.17) is 0 Å². The average molecular weight is 462 g/mol. The quantitative estimate of drug-likeness (QED) is 0.219. The van der Waals surface area contributed by atoms with Crippen molar-refractivity contribution in [3.63, 3.8) is 0 Å². The fourth-order valence-electron chi connectivity index (χ4n) is 3.66.